The predicted octanol–water partition coefficient (Wildman–Crippen LogP) is 7.96. The average Bonchev–Trinajstić information content (AvgIpc) is 3.06. The summed E-state index contributed by atoms with van der Waals surface area (Å²) in [4.78, 5) is 22.9. The number of amides is 1. The van der Waals surface area contributed by atoms with E-state index in [1.165, 1.54) is 64.2 Å². The van der Waals surface area contributed by atoms with E-state index in [9.17, 15) is 9.59 Å². The lowest BCUT2D eigenvalue weighted by atomic mass is 10.0. The third-order valence-corrected chi connectivity index (χ3v) is 8.46. The molecule has 46 heavy (non-hydrogen) atoms. The van der Waals surface area contributed by atoms with Crippen molar-refractivity contribution in [1.82, 2.24) is 10.4 Å². The molecule has 0 aromatic heterocycles. The fourth-order valence-electron chi connectivity index (χ4n) is 5.27. The number of ether oxygens (including phenoxy) is 1. The third-order valence-electron chi connectivity index (χ3n) is 8.06. The quantitative estimate of drug-likeness (QED) is 0.0131. The number of unbranched alkanes of at least 4 members (excludes halogenated alkanes) is 13. The third kappa shape index (κ3) is 17.4. The van der Waals surface area contributed by atoms with E-state index >= 15 is 0 Å². The number of amidine groups is 1. The molecule has 10 nitrogen and oxygen atoms in total. The first-order chi connectivity index (χ1) is 22.4. The van der Waals surface area contributed by atoms with E-state index in [-0.39, 0.29) is 11.7 Å². The molecule has 1 unspecified atom stereocenters. The summed E-state index contributed by atoms with van der Waals surface area (Å²) in [6, 6.07) is 15.2. The Labute approximate surface area is 277 Å². The van der Waals surface area contributed by atoms with Crippen LogP contribution in [0.3, 0.4) is 0 Å². The first-order valence-electron chi connectivity index (χ1n) is 16.9. The fourth-order valence-corrected chi connectivity index (χ4v) is 5.58. The molecule has 0 radical (unpaired) electrons. The van der Waals surface area contributed by atoms with Gasteiger partial charge in [0.05, 0.1) is 6.61 Å². The lowest BCUT2D eigenvalue weighted by Crippen LogP contribution is -2.30. The highest BCUT2D eigenvalue weighted by Gasteiger charge is 2.13. The second-order valence-electron chi connectivity index (χ2n) is 11.8. The molecule has 1 amide bonds. The lowest BCUT2D eigenvalue weighted by Gasteiger charge is -2.10. The second-order valence-corrected chi connectivity index (χ2v) is 12.1. The van der Waals surface area contributed by atoms with E-state index in [0.717, 1.165) is 55.6 Å². The van der Waals surface area contributed by atoms with Crippen LogP contribution in [0.1, 0.15) is 115 Å². The summed E-state index contributed by atoms with van der Waals surface area (Å²) >= 11 is 0. The van der Waals surface area contributed by atoms with Gasteiger partial charge in [0.15, 0.2) is 5.84 Å². The smallest absolute Gasteiger partial charge is 0.320 e. The molecule has 0 heterocycles. The molecule has 0 bridgehead atoms. The highest BCUT2D eigenvalue weighted by molar-refractivity contribution is 7.13. The summed E-state index contributed by atoms with van der Waals surface area (Å²) in [5.41, 5.74) is 2.82. The topological polar surface area (TPSA) is 162 Å². The summed E-state index contributed by atoms with van der Waals surface area (Å²) in [5.74, 6) is 5.21. The number of nitrogens with one attached hydrogen (secondary N) is 3. The van der Waals surface area contributed by atoms with E-state index in [2.05, 4.69) is 42.3 Å². The van der Waals surface area contributed by atoms with Gasteiger partial charge in [0, 0.05) is 18.5 Å². The molecule has 0 aliphatic carbocycles. The Kier molecular flexibility index (Phi) is 20.9. The number of nitrogens with zero attached hydrogens (tertiary/aromatic N) is 2. The number of carboxylic acid groups (broad SMARTS) is 1. The van der Waals surface area contributed by atoms with E-state index < -0.39 is 12.0 Å². The zero-order chi connectivity index (χ0) is 33.2. The summed E-state index contributed by atoms with van der Waals surface area (Å²) < 4.78 is 5.93. The van der Waals surface area contributed by atoms with Crippen molar-refractivity contribution in [3.63, 3.8) is 0 Å². The Morgan fingerprint density at radius 3 is 1.83 bits per heavy atom. The van der Waals surface area contributed by atoms with Crippen molar-refractivity contribution in [3.05, 3.63) is 54.1 Å². The maximum Gasteiger partial charge on any atom is 0.320 e. The van der Waals surface area contributed by atoms with Crippen LogP contribution in [0, 0.1) is 5.41 Å². The molecule has 2 aromatic carbocycles. The van der Waals surface area contributed by atoms with Gasteiger partial charge in [-0.2, -0.15) is 0 Å². The minimum absolute atomic E-state index is 0.0402. The van der Waals surface area contributed by atoms with Crippen molar-refractivity contribution in [1.29, 1.82) is 5.41 Å². The summed E-state index contributed by atoms with van der Waals surface area (Å²) in [6.07, 6.45) is 18.6. The van der Waals surface area contributed by atoms with E-state index in [4.69, 9.17) is 21.1 Å². The molecule has 2 aromatic rings. The molecule has 2 atom stereocenters. The maximum atomic E-state index is 11.9. The number of rotatable bonds is 26. The summed E-state index contributed by atoms with van der Waals surface area (Å²) in [6.45, 7) is 1.36. The number of nitrogens with two attached hydrogens (primary N) is 1. The molecule has 2 rings (SSSR count). The Hall–Kier alpha value is -3.36. The van der Waals surface area contributed by atoms with Gasteiger partial charge in [0.2, 0.25) is 5.91 Å². The van der Waals surface area contributed by atoms with Gasteiger partial charge < -0.3 is 21.0 Å². The van der Waals surface area contributed by atoms with Gasteiger partial charge in [-0.3, -0.25) is 20.1 Å². The van der Waals surface area contributed by atoms with Crippen molar-refractivity contribution < 1.29 is 19.4 Å². The predicted molar refractivity (Wildman–Crippen MR) is 189 cm³/mol. The van der Waals surface area contributed by atoms with E-state index in [1.807, 2.05) is 36.4 Å². The number of aliphatic carboxylic acids is 1. The molecule has 11 heteroatoms. The molecule has 0 saturated heterocycles. The van der Waals surface area contributed by atoms with Gasteiger partial charge in [-0.1, -0.05) is 122 Å². The molecule has 0 fully saturated rings. The van der Waals surface area contributed by atoms with Gasteiger partial charge in [-0.05, 0) is 55.4 Å². The molecule has 0 spiro atoms. The summed E-state index contributed by atoms with van der Waals surface area (Å²) in [5, 5.41) is 29.1. The normalized spacial score (nSPS) is 11.8. The Balaban J connectivity index is 1.35. The largest absolute Gasteiger partial charge is 0.494 e. The zero-order valence-electron chi connectivity index (χ0n) is 27.4. The van der Waals surface area contributed by atoms with Crippen molar-refractivity contribution in [2.24, 2.45) is 16.2 Å². The molecule has 0 aliphatic heterocycles. The summed E-state index contributed by atoms with van der Waals surface area (Å²) in [7, 11) is 2.25. The first-order valence-corrected chi connectivity index (χ1v) is 17.5. The highest BCUT2D eigenvalue weighted by atomic mass is 31.0. The van der Waals surface area contributed by atoms with Crippen molar-refractivity contribution >= 4 is 27.1 Å². The monoisotopic (exact) mass is 654 g/mol. The molecule has 6 N–H and O–H groups in total. The second kappa shape index (κ2) is 24.8. The molecular weight excluding hydrogens is 599 g/mol. The molecule has 254 valence electrons. The van der Waals surface area contributed by atoms with Crippen LogP contribution >= 0.6 is 9.39 Å². The van der Waals surface area contributed by atoms with Crippen molar-refractivity contribution in [3.8, 4) is 16.9 Å². The Morgan fingerprint density at radius 2 is 1.30 bits per heavy atom. The standard InChI is InChI=1S/C35H55N6O4P/c36-34(39-41-37)30-20-18-28(19-21-30)29-22-24-31(25-23-29)45-27-15-11-9-7-5-3-1-2-4-6-8-10-12-17-33(42)38-26-14-13-16-32(40-46)35(43)44/h18-25,32,40H,1-17,26-27,46H2,(H,38,42)(H,43,44)(H3,36,37,39)/t32-/m0/s1. The van der Waals surface area contributed by atoms with Crippen LogP contribution in [0.2, 0.25) is 0 Å². The van der Waals surface area contributed by atoms with Gasteiger partial charge in [0.1, 0.15) is 11.8 Å². The number of benzene rings is 2. The van der Waals surface area contributed by atoms with Crippen LogP contribution in [0.4, 0.5) is 0 Å². The number of hydrogen-bond donors (Lipinski definition) is 5. The average molecular weight is 655 g/mol. The first kappa shape index (κ1) is 38.8. The molecular formula is C35H55N6O4P. The van der Waals surface area contributed by atoms with Crippen LogP contribution in [-0.4, -0.2) is 42.0 Å². The van der Waals surface area contributed by atoms with Crippen molar-refractivity contribution in [2.75, 3.05) is 13.2 Å². The lowest BCUT2D eigenvalue weighted by molar-refractivity contribution is -0.139. The highest BCUT2D eigenvalue weighted by Crippen LogP contribution is 2.23. The number of carbonyl (C=O) groups is 2. The number of hydrogen-bond acceptors (Lipinski definition) is 6. The van der Waals surface area contributed by atoms with Gasteiger partial charge in [-0.15, -0.1) is 5.11 Å². The van der Waals surface area contributed by atoms with Crippen LogP contribution in [-0.2, 0) is 9.59 Å². The van der Waals surface area contributed by atoms with E-state index in [0.29, 0.717) is 24.9 Å². The zero-order valence-corrected chi connectivity index (χ0v) is 28.5. The maximum absolute atomic E-state index is 11.9. The van der Waals surface area contributed by atoms with Crippen LogP contribution in [0.25, 0.3) is 11.1 Å². The van der Waals surface area contributed by atoms with Crippen LogP contribution in [0.15, 0.2) is 58.9 Å². The number of carbonyl (C=O) groups excluding carboxylic acids is 1. The fraction of sp³-hybridized carbons (Fsp3) is 0.571. The minimum atomic E-state index is -0.844. The SMILES string of the molecule is N=C(N=NN)c1ccc(-c2ccc(OCCCCCCCCCCCCCCCC(=O)NCCCC[C@H](NP)C(=O)O)cc2)cc1. The van der Waals surface area contributed by atoms with Gasteiger partial charge in [0.25, 0.3) is 0 Å². The molecule has 0 aliphatic rings. The van der Waals surface area contributed by atoms with Crippen molar-refractivity contribution in [2.45, 2.75) is 115 Å². The van der Waals surface area contributed by atoms with Crippen LogP contribution < -0.4 is 21.0 Å². The van der Waals surface area contributed by atoms with E-state index in [1.54, 1.807) is 0 Å². The minimum Gasteiger partial charge on any atom is -0.494 e. The van der Waals surface area contributed by atoms with Crippen LogP contribution in [0.5, 0.6) is 5.75 Å². The Bertz CT molecular complexity index is 1160. The number of carboxylic acids is 1. The Morgan fingerprint density at radius 1 is 0.783 bits per heavy atom. The van der Waals surface area contributed by atoms with Gasteiger partial charge in [-0.25, -0.2) is 0 Å². The molecule has 0 saturated carbocycles. The van der Waals surface area contributed by atoms with Gasteiger partial charge >= 0.3 is 5.97 Å².